The average molecular weight is 425 g/mol. The van der Waals surface area contributed by atoms with Crippen LogP contribution in [0.1, 0.15) is 24.0 Å². The minimum atomic E-state index is -0.483. The smallest absolute Gasteiger partial charge is 0.118 e. The van der Waals surface area contributed by atoms with Gasteiger partial charge < -0.3 is 9.47 Å². The molecule has 0 atom stereocenters. The Kier molecular flexibility index (Phi) is 8.67. The Morgan fingerprint density at radius 1 is 0.808 bits per heavy atom. The van der Waals surface area contributed by atoms with Gasteiger partial charge in [-0.15, -0.1) is 23.5 Å². The van der Waals surface area contributed by atoms with E-state index in [0.29, 0.717) is 0 Å². The molecule has 0 unspecified atom stereocenters. The molecular formula is C20H24O2S4. The highest BCUT2D eigenvalue weighted by Crippen LogP contribution is 2.42. The first kappa shape index (κ1) is 21.5. The zero-order chi connectivity index (χ0) is 19.0. The van der Waals surface area contributed by atoms with Gasteiger partial charge in [0.1, 0.15) is 11.5 Å². The lowest BCUT2D eigenvalue weighted by atomic mass is 9.88. The summed E-state index contributed by atoms with van der Waals surface area (Å²) >= 11 is 13.1. The van der Waals surface area contributed by atoms with Crippen LogP contribution in [0, 0.1) is 0 Å². The fourth-order valence-electron chi connectivity index (χ4n) is 2.61. The van der Waals surface area contributed by atoms with Crippen molar-refractivity contribution in [1.29, 1.82) is 0 Å². The van der Waals surface area contributed by atoms with Gasteiger partial charge in [0.25, 0.3) is 0 Å². The minimum absolute atomic E-state index is 0.0565. The van der Waals surface area contributed by atoms with Gasteiger partial charge in [-0.05, 0) is 53.1 Å². The van der Waals surface area contributed by atoms with Crippen LogP contribution in [-0.2, 0) is 0 Å². The monoisotopic (exact) mass is 424 g/mol. The topological polar surface area (TPSA) is 18.5 Å². The maximum Gasteiger partial charge on any atom is 0.118 e. The van der Waals surface area contributed by atoms with Crippen molar-refractivity contribution in [3.8, 4) is 11.5 Å². The summed E-state index contributed by atoms with van der Waals surface area (Å²) < 4.78 is 9.95. The second-order valence-corrected chi connectivity index (χ2v) is 10.2. The Morgan fingerprint density at radius 3 is 1.42 bits per heavy atom. The van der Waals surface area contributed by atoms with Gasteiger partial charge in [-0.3, -0.25) is 0 Å². The molecule has 1 aliphatic rings. The third kappa shape index (κ3) is 6.41. The predicted molar refractivity (Wildman–Crippen MR) is 123 cm³/mol. The van der Waals surface area contributed by atoms with Crippen molar-refractivity contribution in [2.75, 3.05) is 19.3 Å². The summed E-state index contributed by atoms with van der Waals surface area (Å²) in [7, 11) is 3.33. The first-order valence-corrected chi connectivity index (χ1v) is 11.1. The number of benzene rings is 2. The molecule has 2 aromatic rings. The molecule has 0 N–H and O–H groups in total. The van der Waals surface area contributed by atoms with Gasteiger partial charge in [0, 0.05) is 11.0 Å². The van der Waals surface area contributed by atoms with Crippen LogP contribution in [0.3, 0.4) is 0 Å². The van der Waals surface area contributed by atoms with Crippen LogP contribution in [0.15, 0.2) is 59.3 Å². The summed E-state index contributed by atoms with van der Waals surface area (Å²) in [5.41, 5.74) is 2.29. The molecule has 0 bridgehead atoms. The standard InChI is InChI=1S/C17H20O2S2.C3H4S2/c1-17(20,21)16(12-4-8-14(18-2)9-5-12)13-6-10-15(19-3)11-7-13;1-2-5-3-4-1/h4-11,16,20-21H,1-3H3;1-2H,3H2. The second-order valence-electron chi connectivity index (χ2n) is 5.80. The average Bonchev–Trinajstić information content (AvgIpc) is 3.22. The summed E-state index contributed by atoms with van der Waals surface area (Å²) in [6, 6.07) is 16.0. The molecule has 140 valence electrons. The van der Waals surface area contributed by atoms with Crippen LogP contribution >= 0.6 is 48.8 Å². The van der Waals surface area contributed by atoms with E-state index in [0.717, 1.165) is 22.6 Å². The molecular weight excluding hydrogens is 400 g/mol. The molecule has 0 aromatic heterocycles. The molecule has 0 spiro atoms. The number of rotatable bonds is 5. The highest BCUT2D eigenvalue weighted by molar-refractivity contribution is 8.21. The van der Waals surface area contributed by atoms with E-state index in [1.807, 2.05) is 54.7 Å². The van der Waals surface area contributed by atoms with Crippen LogP contribution in [0.4, 0.5) is 0 Å². The van der Waals surface area contributed by atoms with Crippen molar-refractivity contribution in [1.82, 2.24) is 0 Å². The summed E-state index contributed by atoms with van der Waals surface area (Å²) in [6.07, 6.45) is 0. The molecule has 1 heterocycles. The van der Waals surface area contributed by atoms with Crippen LogP contribution in [0.2, 0.25) is 0 Å². The molecule has 0 fully saturated rings. The van der Waals surface area contributed by atoms with E-state index in [2.05, 4.69) is 60.3 Å². The Morgan fingerprint density at radius 2 is 1.19 bits per heavy atom. The summed E-state index contributed by atoms with van der Waals surface area (Å²) in [5.74, 6) is 1.74. The Balaban J connectivity index is 0.000000417. The van der Waals surface area contributed by atoms with Crippen LogP contribution in [0.25, 0.3) is 0 Å². The van der Waals surface area contributed by atoms with E-state index in [4.69, 9.17) is 9.47 Å². The molecule has 0 aliphatic carbocycles. The zero-order valence-electron chi connectivity index (χ0n) is 15.1. The number of thioether (sulfide) groups is 2. The molecule has 1 aliphatic heterocycles. The van der Waals surface area contributed by atoms with Crippen molar-refractivity contribution >= 4 is 48.8 Å². The van der Waals surface area contributed by atoms with Crippen molar-refractivity contribution in [2.24, 2.45) is 0 Å². The first-order chi connectivity index (χ1) is 12.5. The van der Waals surface area contributed by atoms with E-state index in [1.54, 1.807) is 14.2 Å². The number of thiol groups is 2. The van der Waals surface area contributed by atoms with Crippen molar-refractivity contribution in [3.63, 3.8) is 0 Å². The molecule has 0 saturated heterocycles. The molecule has 26 heavy (non-hydrogen) atoms. The molecule has 0 saturated carbocycles. The Labute approximate surface area is 176 Å². The fourth-order valence-corrected chi connectivity index (χ4v) is 4.78. The lowest BCUT2D eigenvalue weighted by molar-refractivity contribution is 0.414. The van der Waals surface area contributed by atoms with E-state index >= 15 is 0 Å². The largest absolute Gasteiger partial charge is 0.497 e. The number of hydrogen-bond acceptors (Lipinski definition) is 6. The minimum Gasteiger partial charge on any atom is -0.497 e. The summed E-state index contributed by atoms with van der Waals surface area (Å²) in [6.45, 7) is 2.00. The van der Waals surface area contributed by atoms with E-state index in [-0.39, 0.29) is 5.92 Å². The van der Waals surface area contributed by atoms with Crippen molar-refractivity contribution in [2.45, 2.75) is 16.9 Å². The molecule has 0 amide bonds. The number of ether oxygens (including phenoxy) is 2. The lowest BCUT2D eigenvalue weighted by Gasteiger charge is -2.30. The van der Waals surface area contributed by atoms with Crippen LogP contribution in [-0.4, -0.2) is 23.4 Å². The fraction of sp³-hybridized carbons (Fsp3) is 0.300. The number of hydrogen-bond donors (Lipinski definition) is 2. The second kappa shape index (κ2) is 10.5. The van der Waals surface area contributed by atoms with E-state index in [1.165, 1.54) is 5.08 Å². The van der Waals surface area contributed by atoms with Crippen molar-refractivity contribution < 1.29 is 9.47 Å². The van der Waals surface area contributed by atoms with Gasteiger partial charge in [-0.2, -0.15) is 25.3 Å². The van der Waals surface area contributed by atoms with E-state index < -0.39 is 4.08 Å². The summed E-state index contributed by atoms with van der Waals surface area (Å²) in [4.78, 5) is 0. The van der Waals surface area contributed by atoms with Gasteiger partial charge in [0.2, 0.25) is 0 Å². The molecule has 3 rings (SSSR count). The molecule has 6 heteroatoms. The molecule has 2 nitrogen and oxygen atoms in total. The van der Waals surface area contributed by atoms with Crippen LogP contribution in [0.5, 0.6) is 11.5 Å². The van der Waals surface area contributed by atoms with Crippen LogP contribution < -0.4 is 9.47 Å². The molecule has 0 radical (unpaired) electrons. The first-order valence-electron chi connectivity index (χ1n) is 8.06. The van der Waals surface area contributed by atoms with Gasteiger partial charge in [0.05, 0.1) is 18.3 Å². The highest BCUT2D eigenvalue weighted by atomic mass is 32.2. The van der Waals surface area contributed by atoms with Gasteiger partial charge in [-0.1, -0.05) is 24.3 Å². The summed E-state index contributed by atoms with van der Waals surface area (Å²) in [5, 5.41) is 5.45. The quantitative estimate of drug-likeness (QED) is 0.433. The maximum atomic E-state index is 5.22. The van der Waals surface area contributed by atoms with Gasteiger partial charge in [-0.25, -0.2) is 0 Å². The zero-order valence-corrected chi connectivity index (χ0v) is 18.5. The Bertz CT molecular complexity index is 638. The predicted octanol–water partition coefficient (Wildman–Crippen LogP) is 6.31. The highest BCUT2D eigenvalue weighted by Gasteiger charge is 2.29. The van der Waals surface area contributed by atoms with E-state index in [9.17, 15) is 0 Å². The SMILES string of the molecule is C1=CSCS1.COc1ccc(C(c2ccc(OC)cc2)C(C)(S)S)cc1. The normalized spacial score (nSPS) is 13.3. The molecule has 2 aromatic carbocycles. The van der Waals surface area contributed by atoms with Gasteiger partial charge >= 0.3 is 0 Å². The number of methoxy groups -OCH3 is 2. The third-order valence-corrected chi connectivity index (χ3v) is 6.26. The Hall–Kier alpha value is -0.820. The lowest BCUT2D eigenvalue weighted by Crippen LogP contribution is -2.21. The third-order valence-electron chi connectivity index (χ3n) is 3.83. The van der Waals surface area contributed by atoms with Gasteiger partial charge in [0.15, 0.2) is 0 Å². The maximum absolute atomic E-state index is 5.22. The van der Waals surface area contributed by atoms with Crippen molar-refractivity contribution in [3.05, 3.63) is 70.5 Å².